The number of H-pyrrole nitrogens is 2. The summed E-state index contributed by atoms with van der Waals surface area (Å²) in [6, 6.07) is 1.38. The molecular formula is C10H10N4O2. The van der Waals surface area contributed by atoms with Crippen molar-refractivity contribution in [3.8, 4) is 0 Å². The Morgan fingerprint density at radius 3 is 2.88 bits per heavy atom. The molecule has 82 valence electrons. The van der Waals surface area contributed by atoms with Crippen molar-refractivity contribution >= 4 is 11.6 Å². The molecule has 2 aromatic rings. The molecule has 0 spiro atoms. The fraction of sp³-hybridized carbons (Fsp3) is 0.100. The first-order chi connectivity index (χ1) is 7.66. The number of aromatic amines is 2. The molecule has 16 heavy (non-hydrogen) atoms. The third-order valence-corrected chi connectivity index (χ3v) is 2.06. The predicted molar refractivity (Wildman–Crippen MR) is 58.3 cm³/mol. The van der Waals surface area contributed by atoms with Gasteiger partial charge in [0, 0.05) is 24.2 Å². The largest absolute Gasteiger partial charge is 0.364 e. The van der Waals surface area contributed by atoms with E-state index in [4.69, 9.17) is 0 Å². The van der Waals surface area contributed by atoms with Gasteiger partial charge < -0.3 is 10.3 Å². The van der Waals surface area contributed by atoms with Crippen LogP contribution in [0.15, 0.2) is 29.5 Å². The maximum atomic E-state index is 11.7. The van der Waals surface area contributed by atoms with E-state index in [0.717, 1.165) is 0 Å². The predicted octanol–water partition coefficient (Wildman–Crippen LogP) is 0.659. The first-order valence-corrected chi connectivity index (χ1v) is 4.66. The maximum absolute atomic E-state index is 11.7. The summed E-state index contributed by atoms with van der Waals surface area (Å²) in [5, 5.41) is 8.79. The van der Waals surface area contributed by atoms with E-state index in [-0.39, 0.29) is 11.0 Å². The van der Waals surface area contributed by atoms with E-state index in [9.17, 15) is 9.59 Å². The normalized spacial score (nSPS) is 10.1. The molecule has 0 atom stereocenters. The molecule has 2 heterocycles. The molecule has 0 saturated heterocycles. The standard InChI is InChI=1S/C10H10N4O2/c1-6-2-9(15)8(5-11-6)10(16)14-7-3-12-13-4-7/h2-5H,1H3,(H,11,15)(H,12,13)(H,14,16). The van der Waals surface area contributed by atoms with Gasteiger partial charge in [-0.05, 0) is 6.92 Å². The van der Waals surface area contributed by atoms with Crippen molar-refractivity contribution in [1.29, 1.82) is 0 Å². The van der Waals surface area contributed by atoms with Crippen molar-refractivity contribution in [2.75, 3.05) is 5.32 Å². The molecule has 6 nitrogen and oxygen atoms in total. The van der Waals surface area contributed by atoms with E-state index in [1.807, 2.05) is 0 Å². The number of nitrogens with zero attached hydrogens (tertiary/aromatic N) is 1. The van der Waals surface area contributed by atoms with Crippen LogP contribution < -0.4 is 10.7 Å². The minimum atomic E-state index is -0.456. The topological polar surface area (TPSA) is 90.6 Å². The van der Waals surface area contributed by atoms with Crippen molar-refractivity contribution in [3.63, 3.8) is 0 Å². The van der Waals surface area contributed by atoms with E-state index in [2.05, 4.69) is 20.5 Å². The highest BCUT2D eigenvalue weighted by Gasteiger charge is 2.10. The summed E-state index contributed by atoms with van der Waals surface area (Å²) in [6.45, 7) is 1.75. The first-order valence-electron chi connectivity index (χ1n) is 4.66. The van der Waals surface area contributed by atoms with Crippen LogP contribution in [0.25, 0.3) is 0 Å². The summed E-state index contributed by atoms with van der Waals surface area (Å²) >= 11 is 0. The van der Waals surface area contributed by atoms with Crippen LogP contribution >= 0.6 is 0 Å². The van der Waals surface area contributed by atoms with Gasteiger partial charge in [-0.15, -0.1) is 0 Å². The number of hydrogen-bond acceptors (Lipinski definition) is 3. The molecule has 0 aliphatic carbocycles. The Bertz CT molecular complexity index is 556. The van der Waals surface area contributed by atoms with E-state index in [1.165, 1.54) is 24.7 Å². The van der Waals surface area contributed by atoms with Crippen molar-refractivity contribution in [3.05, 3.63) is 46.1 Å². The Morgan fingerprint density at radius 2 is 2.25 bits per heavy atom. The first kappa shape index (κ1) is 10.2. The zero-order chi connectivity index (χ0) is 11.5. The Morgan fingerprint density at radius 1 is 1.44 bits per heavy atom. The SMILES string of the molecule is Cc1cc(=O)c(C(=O)Nc2cn[nH]c2)c[nH]1. The smallest absolute Gasteiger partial charge is 0.261 e. The number of rotatable bonds is 2. The van der Waals surface area contributed by atoms with Gasteiger partial charge in [-0.1, -0.05) is 0 Å². The van der Waals surface area contributed by atoms with Crippen LogP contribution in [0.3, 0.4) is 0 Å². The zero-order valence-corrected chi connectivity index (χ0v) is 8.57. The summed E-state index contributed by atoms with van der Waals surface area (Å²) in [7, 11) is 0. The number of pyridine rings is 1. The van der Waals surface area contributed by atoms with Gasteiger partial charge in [-0.3, -0.25) is 14.7 Å². The molecule has 0 aliphatic heterocycles. The van der Waals surface area contributed by atoms with Crippen LogP contribution in [0.2, 0.25) is 0 Å². The fourth-order valence-electron chi connectivity index (χ4n) is 1.27. The summed E-state index contributed by atoms with van der Waals surface area (Å²) in [6.07, 6.45) is 4.38. The molecule has 0 bridgehead atoms. The Labute approximate surface area is 90.7 Å². The lowest BCUT2D eigenvalue weighted by molar-refractivity contribution is 0.102. The Kier molecular flexibility index (Phi) is 2.55. The van der Waals surface area contributed by atoms with Crippen LogP contribution in [0.5, 0.6) is 0 Å². The van der Waals surface area contributed by atoms with Crippen molar-refractivity contribution in [2.24, 2.45) is 0 Å². The summed E-state index contributed by atoms with van der Waals surface area (Å²) in [4.78, 5) is 26.0. The highest BCUT2D eigenvalue weighted by atomic mass is 16.2. The third-order valence-electron chi connectivity index (χ3n) is 2.06. The van der Waals surface area contributed by atoms with Crippen LogP contribution in [-0.2, 0) is 0 Å². The molecular weight excluding hydrogens is 208 g/mol. The molecule has 0 saturated carbocycles. The molecule has 2 rings (SSSR count). The second-order valence-corrected chi connectivity index (χ2v) is 3.34. The molecule has 0 unspecified atom stereocenters. The van der Waals surface area contributed by atoms with Gasteiger partial charge in [0.05, 0.1) is 11.9 Å². The van der Waals surface area contributed by atoms with Crippen LogP contribution in [0.1, 0.15) is 16.1 Å². The highest BCUT2D eigenvalue weighted by Crippen LogP contribution is 2.03. The summed E-state index contributed by atoms with van der Waals surface area (Å²) in [5.74, 6) is -0.456. The molecule has 1 amide bonds. The van der Waals surface area contributed by atoms with Gasteiger partial charge in [0.15, 0.2) is 5.43 Å². The molecule has 0 radical (unpaired) electrons. The number of hydrogen-bond donors (Lipinski definition) is 3. The minimum absolute atomic E-state index is 0.0757. The van der Waals surface area contributed by atoms with Gasteiger partial charge in [0.2, 0.25) is 0 Å². The molecule has 3 N–H and O–H groups in total. The lowest BCUT2D eigenvalue weighted by Gasteiger charge is -2.01. The van der Waals surface area contributed by atoms with E-state index < -0.39 is 5.91 Å². The van der Waals surface area contributed by atoms with Crippen molar-refractivity contribution in [1.82, 2.24) is 15.2 Å². The van der Waals surface area contributed by atoms with Crippen molar-refractivity contribution < 1.29 is 4.79 Å². The van der Waals surface area contributed by atoms with Gasteiger partial charge in [0.1, 0.15) is 5.56 Å². The maximum Gasteiger partial charge on any atom is 0.261 e. The Balaban J connectivity index is 2.25. The second-order valence-electron chi connectivity index (χ2n) is 3.34. The zero-order valence-electron chi connectivity index (χ0n) is 8.57. The molecule has 0 aromatic carbocycles. The average Bonchev–Trinajstić information content (AvgIpc) is 2.70. The minimum Gasteiger partial charge on any atom is -0.364 e. The van der Waals surface area contributed by atoms with Crippen LogP contribution in [-0.4, -0.2) is 21.1 Å². The van der Waals surface area contributed by atoms with E-state index >= 15 is 0 Å². The van der Waals surface area contributed by atoms with Gasteiger partial charge >= 0.3 is 0 Å². The van der Waals surface area contributed by atoms with Crippen LogP contribution in [0.4, 0.5) is 5.69 Å². The van der Waals surface area contributed by atoms with Gasteiger partial charge in [0.25, 0.3) is 5.91 Å². The third kappa shape index (κ3) is 2.00. The Hall–Kier alpha value is -2.37. The lowest BCUT2D eigenvalue weighted by Crippen LogP contribution is -2.21. The molecule has 2 aromatic heterocycles. The number of carbonyl (C=O) groups excluding carboxylic acids is 1. The van der Waals surface area contributed by atoms with Crippen LogP contribution in [0, 0.1) is 6.92 Å². The number of aryl methyl sites for hydroxylation is 1. The number of anilines is 1. The lowest BCUT2D eigenvalue weighted by atomic mass is 10.2. The molecule has 6 heteroatoms. The monoisotopic (exact) mass is 218 g/mol. The quantitative estimate of drug-likeness (QED) is 0.691. The molecule has 0 aliphatic rings. The average molecular weight is 218 g/mol. The summed E-state index contributed by atoms with van der Waals surface area (Å²) < 4.78 is 0. The summed E-state index contributed by atoms with van der Waals surface area (Å²) in [5.41, 5.74) is 0.999. The number of amides is 1. The van der Waals surface area contributed by atoms with Gasteiger partial charge in [-0.2, -0.15) is 5.10 Å². The number of aromatic nitrogens is 3. The van der Waals surface area contributed by atoms with Gasteiger partial charge in [-0.25, -0.2) is 0 Å². The molecule has 0 fully saturated rings. The highest BCUT2D eigenvalue weighted by molar-refractivity contribution is 6.03. The van der Waals surface area contributed by atoms with Crippen molar-refractivity contribution in [2.45, 2.75) is 6.92 Å². The fourth-order valence-corrected chi connectivity index (χ4v) is 1.27. The van der Waals surface area contributed by atoms with E-state index in [0.29, 0.717) is 11.4 Å². The number of nitrogens with one attached hydrogen (secondary N) is 3. The second kappa shape index (κ2) is 4.01. The van der Waals surface area contributed by atoms with E-state index in [1.54, 1.807) is 6.92 Å². The number of carbonyl (C=O) groups is 1.